The number of anilines is 1. The van der Waals surface area contributed by atoms with Crippen LogP contribution in [-0.2, 0) is 19.1 Å². The number of nitrogens with zero attached hydrogens (tertiary/aromatic N) is 1. The molecule has 32 heavy (non-hydrogen) atoms. The summed E-state index contributed by atoms with van der Waals surface area (Å²) in [7, 11) is 0. The van der Waals surface area contributed by atoms with E-state index in [1.807, 2.05) is 43.3 Å². The van der Waals surface area contributed by atoms with Gasteiger partial charge in [0.05, 0.1) is 17.9 Å². The molecular weight excluding hydrogens is 406 g/mol. The molecule has 1 saturated carbocycles. The molecule has 0 radical (unpaired) electrons. The molecule has 5 atom stereocenters. The number of carbonyl (C=O) groups excluding carboxylic acids is 3. The number of ether oxygens (including phenoxy) is 1. The van der Waals surface area contributed by atoms with Crippen LogP contribution in [0, 0.1) is 18.8 Å². The third kappa shape index (κ3) is 3.10. The van der Waals surface area contributed by atoms with Crippen LogP contribution in [0.4, 0.5) is 5.69 Å². The summed E-state index contributed by atoms with van der Waals surface area (Å²) >= 11 is 0. The van der Waals surface area contributed by atoms with E-state index in [-0.39, 0.29) is 30.3 Å². The Balaban J connectivity index is 1.45. The van der Waals surface area contributed by atoms with Crippen molar-refractivity contribution in [3.63, 3.8) is 0 Å². The van der Waals surface area contributed by atoms with E-state index in [2.05, 4.69) is 17.2 Å². The summed E-state index contributed by atoms with van der Waals surface area (Å²) in [6.45, 7) is 5.92. The minimum absolute atomic E-state index is 0.126. The quantitative estimate of drug-likeness (QED) is 0.672. The van der Waals surface area contributed by atoms with Gasteiger partial charge in [0.2, 0.25) is 17.7 Å². The lowest BCUT2D eigenvalue weighted by Crippen LogP contribution is -2.56. The molecule has 4 aliphatic rings. The maximum atomic E-state index is 13.6. The number of hydrogen-bond acceptors (Lipinski definition) is 4. The van der Waals surface area contributed by atoms with Gasteiger partial charge in [-0.15, -0.1) is 6.58 Å². The number of carbonyl (C=O) groups is 3. The van der Waals surface area contributed by atoms with Crippen LogP contribution in [-0.4, -0.2) is 53.0 Å². The molecule has 3 amide bonds. The smallest absolute Gasteiger partial charge is 0.246 e. The molecule has 3 aliphatic heterocycles. The van der Waals surface area contributed by atoms with Crippen molar-refractivity contribution >= 4 is 23.4 Å². The summed E-state index contributed by atoms with van der Waals surface area (Å²) < 4.78 is 6.30. The summed E-state index contributed by atoms with van der Waals surface area (Å²) in [5.41, 5.74) is 0.526. The van der Waals surface area contributed by atoms with Crippen LogP contribution in [0.15, 0.2) is 49.1 Å². The molecule has 7 nitrogen and oxygen atoms in total. The Bertz CT molecular complexity index is 999. The van der Waals surface area contributed by atoms with Gasteiger partial charge >= 0.3 is 0 Å². The molecule has 1 aromatic rings. The van der Waals surface area contributed by atoms with E-state index >= 15 is 0 Å². The number of fused-ring (bicyclic) bond motifs is 1. The molecule has 3 heterocycles. The van der Waals surface area contributed by atoms with Crippen LogP contribution < -0.4 is 10.6 Å². The summed E-state index contributed by atoms with van der Waals surface area (Å²) in [6, 6.07) is 6.84. The Morgan fingerprint density at radius 2 is 2.00 bits per heavy atom. The van der Waals surface area contributed by atoms with Crippen LogP contribution >= 0.6 is 0 Å². The summed E-state index contributed by atoms with van der Waals surface area (Å²) in [6.07, 6.45) is 8.84. The number of likely N-dealkylation sites (tertiary alicyclic amines) is 1. The van der Waals surface area contributed by atoms with Gasteiger partial charge < -0.3 is 20.3 Å². The number of para-hydroxylation sites is 1. The van der Waals surface area contributed by atoms with Crippen molar-refractivity contribution in [3.8, 4) is 0 Å². The van der Waals surface area contributed by atoms with Crippen LogP contribution in [0.5, 0.6) is 0 Å². The minimum atomic E-state index is -1.12. The number of rotatable bonds is 6. The molecule has 2 bridgehead atoms. The normalized spacial score (nSPS) is 32.9. The average Bonchev–Trinajstić information content (AvgIpc) is 3.53. The molecule has 2 saturated heterocycles. The second-order valence-corrected chi connectivity index (χ2v) is 9.27. The first-order chi connectivity index (χ1) is 15.5. The summed E-state index contributed by atoms with van der Waals surface area (Å²) in [5.74, 6) is -2.12. The molecule has 1 spiro atoms. The lowest BCUT2D eigenvalue weighted by Gasteiger charge is -2.32. The Kier molecular flexibility index (Phi) is 5.16. The van der Waals surface area contributed by atoms with Gasteiger partial charge in [0.25, 0.3) is 0 Å². The van der Waals surface area contributed by atoms with Gasteiger partial charge in [0, 0.05) is 18.3 Å². The zero-order valence-electron chi connectivity index (χ0n) is 18.3. The first-order valence-corrected chi connectivity index (χ1v) is 11.4. The number of aryl methyl sites for hydroxylation is 1. The fraction of sp³-hybridized carbons (Fsp3) is 0.480. The molecule has 5 rings (SSSR count). The summed E-state index contributed by atoms with van der Waals surface area (Å²) in [5, 5.41) is 6.10. The maximum Gasteiger partial charge on any atom is 0.246 e. The molecule has 1 aliphatic carbocycles. The molecule has 3 fully saturated rings. The molecule has 2 N–H and O–H groups in total. The maximum absolute atomic E-state index is 13.6. The lowest BCUT2D eigenvalue weighted by molar-refractivity contribution is -0.140. The number of amides is 3. The molecule has 7 heteroatoms. The van der Waals surface area contributed by atoms with Crippen LogP contribution in [0.3, 0.4) is 0 Å². The molecule has 1 aromatic carbocycles. The first kappa shape index (κ1) is 20.9. The van der Waals surface area contributed by atoms with Crippen molar-refractivity contribution in [1.82, 2.24) is 10.2 Å². The van der Waals surface area contributed by atoms with E-state index in [0.29, 0.717) is 5.69 Å². The number of benzene rings is 1. The third-order valence-electron chi connectivity index (χ3n) is 7.36. The third-order valence-corrected chi connectivity index (χ3v) is 7.36. The number of hydrogen-bond donors (Lipinski definition) is 2. The zero-order chi connectivity index (χ0) is 22.5. The number of nitrogens with one attached hydrogen (secondary N) is 2. The van der Waals surface area contributed by atoms with Gasteiger partial charge in [-0.1, -0.05) is 49.3 Å². The Labute approximate surface area is 187 Å². The van der Waals surface area contributed by atoms with E-state index in [9.17, 15) is 14.4 Å². The lowest BCUT2D eigenvalue weighted by atomic mass is 9.74. The molecule has 0 aromatic heterocycles. The fourth-order valence-corrected chi connectivity index (χ4v) is 5.88. The largest absolute Gasteiger partial charge is 0.359 e. The van der Waals surface area contributed by atoms with Gasteiger partial charge in [-0.3, -0.25) is 14.4 Å². The fourth-order valence-electron chi connectivity index (χ4n) is 5.88. The molecule has 168 valence electrons. The van der Waals surface area contributed by atoms with Crippen LogP contribution in [0.25, 0.3) is 0 Å². The minimum Gasteiger partial charge on any atom is -0.359 e. The highest BCUT2D eigenvalue weighted by atomic mass is 16.5. The first-order valence-electron chi connectivity index (χ1n) is 11.4. The van der Waals surface area contributed by atoms with Crippen LogP contribution in [0.2, 0.25) is 0 Å². The van der Waals surface area contributed by atoms with E-state index in [0.717, 1.165) is 31.2 Å². The van der Waals surface area contributed by atoms with Gasteiger partial charge in [0.1, 0.15) is 11.6 Å². The predicted octanol–water partition coefficient (Wildman–Crippen LogP) is 2.33. The molecule has 0 unspecified atom stereocenters. The standard InChI is InChI=1S/C25H29N3O4/c1-3-14-28-21(23(30)26-16-9-5-6-10-16)25-13-12-18(32-25)19(20(25)24(28)31)22(29)27-17-11-7-4-8-15(17)2/h3-4,7-8,11-13,16,18-21H,1,5-6,9-10,14H2,2H3,(H,26,30)(H,27,29)/t18-,19+,20+,21-,25+/m1/s1. The van der Waals surface area contributed by atoms with E-state index < -0.39 is 29.6 Å². The Hall–Kier alpha value is -2.93. The van der Waals surface area contributed by atoms with E-state index in [1.165, 1.54) is 4.90 Å². The monoisotopic (exact) mass is 435 g/mol. The zero-order valence-corrected chi connectivity index (χ0v) is 18.3. The Morgan fingerprint density at radius 3 is 2.72 bits per heavy atom. The van der Waals surface area contributed by atoms with Crippen molar-refractivity contribution in [3.05, 3.63) is 54.6 Å². The van der Waals surface area contributed by atoms with E-state index in [1.54, 1.807) is 6.08 Å². The van der Waals surface area contributed by atoms with Crippen molar-refractivity contribution < 1.29 is 19.1 Å². The van der Waals surface area contributed by atoms with Gasteiger partial charge in [-0.25, -0.2) is 0 Å². The van der Waals surface area contributed by atoms with Gasteiger partial charge in [-0.2, -0.15) is 0 Å². The highest BCUT2D eigenvalue weighted by Crippen LogP contribution is 2.55. The van der Waals surface area contributed by atoms with Crippen LogP contribution in [0.1, 0.15) is 31.2 Å². The second-order valence-electron chi connectivity index (χ2n) is 9.27. The van der Waals surface area contributed by atoms with Crippen molar-refractivity contribution in [2.75, 3.05) is 11.9 Å². The average molecular weight is 436 g/mol. The van der Waals surface area contributed by atoms with E-state index in [4.69, 9.17) is 4.74 Å². The van der Waals surface area contributed by atoms with Crippen molar-refractivity contribution in [2.24, 2.45) is 11.8 Å². The highest BCUT2D eigenvalue weighted by molar-refractivity contribution is 6.03. The van der Waals surface area contributed by atoms with Crippen molar-refractivity contribution in [1.29, 1.82) is 0 Å². The summed E-state index contributed by atoms with van der Waals surface area (Å²) in [4.78, 5) is 41.8. The SMILES string of the molecule is C=CCN1C(=O)[C@@H]2[C@@H](C(=O)Nc3ccccc3C)[C@H]3C=C[C@@]2(O3)[C@H]1C(=O)NC1CCCC1. The topological polar surface area (TPSA) is 87.7 Å². The van der Waals surface area contributed by atoms with Gasteiger partial charge in [-0.05, 0) is 31.4 Å². The predicted molar refractivity (Wildman–Crippen MR) is 120 cm³/mol. The highest BCUT2D eigenvalue weighted by Gasteiger charge is 2.72. The second kappa shape index (κ2) is 7.89. The van der Waals surface area contributed by atoms with Gasteiger partial charge in [0.15, 0.2) is 0 Å². The Morgan fingerprint density at radius 1 is 1.25 bits per heavy atom. The molecular formula is C25H29N3O4. The van der Waals surface area contributed by atoms with Crippen molar-refractivity contribution in [2.45, 2.75) is 56.4 Å².